The van der Waals surface area contributed by atoms with Gasteiger partial charge in [0.25, 0.3) is 5.69 Å². The first-order chi connectivity index (χ1) is 12.9. The van der Waals surface area contributed by atoms with E-state index >= 15 is 0 Å². The van der Waals surface area contributed by atoms with E-state index in [1.165, 1.54) is 31.4 Å². The monoisotopic (exact) mass is 387 g/mol. The third-order valence-corrected chi connectivity index (χ3v) is 3.63. The molecule has 0 saturated heterocycles. The number of carbonyl (C=O) groups excluding carboxylic acids is 1. The third kappa shape index (κ3) is 5.79. The number of anilines is 1. The number of hydrogen-bond acceptors (Lipinski definition) is 6. The lowest BCUT2D eigenvalue weighted by molar-refractivity contribution is -0.384. The molecule has 0 bridgehead atoms. The van der Waals surface area contributed by atoms with Crippen LogP contribution >= 0.6 is 12.2 Å². The molecule has 0 spiro atoms. The lowest BCUT2D eigenvalue weighted by atomic mass is 10.2. The Morgan fingerprint density at radius 3 is 2.44 bits per heavy atom. The van der Waals surface area contributed by atoms with E-state index in [1.54, 1.807) is 37.5 Å². The average molecular weight is 387 g/mol. The van der Waals surface area contributed by atoms with Gasteiger partial charge in [-0.3, -0.25) is 20.2 Å². The fourth-order valence-electron chi connectivity index (χ4n) is 2.10. The number of benzene rings is 2. The second-order valence-electron chi connectivity index (χ2n) is 5.19. The van der Waals surface area contributed by atoms with Crippen molar-refractivity contribution in [3.05, 3.63) is 64.2 Å². The minimum atomic E-state index is -0.538. The van der Waals surface area contributed by atoms with Gasteiger partial charge in [0, 0.05) is 18.2 Å². The van der Waals surface area contributed by atoms with Gasteiger partial charge >= 0.3 is 0 Å². The molecule has 0 aliphatic rings. The van der Waals surface area contributed by atoms with Gasteiger partial charge in [-0.25, -0.2) is 0 Å². The van der Waals surface area contributed by atoms with E-state index in [0.717, 1.165) is 5.56 Å². The predicted molar refractivity (Wildman–Crippen MR) is 106 cm³/mol. The standard InChI is InChI=1S/C18H17N3O5S/c1-25-14-7-3-12(4-8-14)5-10-17(22)20-18(27)19-15-11-13(21(23)24)6-9-16(15)26-2/h3-11H,1-2H3,(H2,19,20,22,27). The first-order valence-corrected chi connectivity index (χ1v) is 8.10. The quantitative estimate of drug-likeness (QED) is 0.340. The van der Waals surface area contributed by atoms with Gasteiger partial charge in [0.2, 0.25) is 5.91 Å². The smallest absolute Gasteiger partial charge is 0.271 e. The van der Waals surface area contributed by atoms with E-state index in [4.69, 9.17) is 21.7 Å². The summed E-state index contributed by atoms with van der Waals surface area (Å²) in [6.07, 6.45) is 2.94. The average Bonchev–Trinajstić information content (AvgIpc) is 2.66. The molecule has 9 heteroatoms. The molecule has 0 atom stereocenters. The highest BCUT2D eigenvalue weighted by Gasteiger charge is 2.13. The molecule has 0 heterocycles. The van der Waals surface area contributed by atoms with E-state index in [-0.39, 0.29) is 16.5 Å². The van der Waals surface area contributed by atoms with Crippen LogP contribution in [0.2, 0.25) is 0 Å². The lowest BCUT2D eigenvalue weighted by Gasteiger charge is -2.11. The number of nitro benzene ring substituents is 1. The van der Waals surface area contributed by atoms with Gasteiger partial charge in [-0.05, 0) is 42.1 Å². The summed E-state index contributed by atoms with van der Waals surface area (Å²) in [4.78, 5) is 22.3. The Bertz CT molecular complexity index is 881. The van der Waals surface area contributed by atoms with Gasteiger partial charge in [-0.15, -0.1) is 0 Å². The highest BCUT2D eigenvalue weighted by atomic mass is 32.1. The highest BCUT2D eigenvalue weighted by Crippen LogP contribution is 2.28. The topological polar surface area (TPSA) is 103 Å². The molecule has 2 aromatic rings. The number of amides is 1. The number of ether oxygens (including phenoxy) is 2. The summed E-state index contributed by atoms with van der Waals surface area (Å²) in [5, 5.41) is 16.1. The second-order valence-corrected chi connectivity index (χ2v) is 5.60. The van der Waals surface area contributed by atoms with Crippen LogP contribution in [0.25, 0.3) is 6.08 Å². The lowest BCUT2D eigenvalue weighted by Crippen LogP contribution is -2.32. The summed E-state index contributed by atoms with van der Waals surface area (Å²) in [6, 6.07) is 11.2. The van der Waals surface area contributed by atoms with Gasteiger partial charge in [-0.1, -0.05) is 12.1 Å². The van der Waals surface area contributed by atoms with Crippen molar-refractivity contribution in [1.82, 2.24) is 5.32 Å². The molecule has 2 rings (SSSR count). The number of thiocarbonyl (C=S) groups is 1. The summed E-state index contributed by atoms with van der Waals surface area (Å²) in [6.45, 7) is 0. The van der Waals surface area contributed by atoms with Crippen molar-refractivity contribution in [2.24, 2.45) is 0 Å². The van der Waals surface area contributed by atoms with E-state index in [0.29, 0.717) is 11.5 Å². The van der Waals surface area contributed by atoms with Crippen LogP contribution in [0, 0.1) is 10.1 Å². The Morgan fingerprint density at radius 2 is 1.85 bits per heavy atom. The first-order valence-electron chi connectivity index (χ1n) is 7.69. The van der Waals surface area contributed by atoms with Crippen molar-refractivity contribution in [1.29, 1.82) is 0 Å². The van der Waals surface area contributed by atoms with Crippen molar-refractivity contribution >= 4 is 40.7 Å². The summed E-state index contributed by atoms with van der Waals surface area (Å²) >= 11 is 5.07. The van der Waals surface area contributed by atoms with Crippen LogP contribution in [0.5, 0.6) is 11.5 Å². The summed E-state index contributed by atoms with van der Waals surface area (Å²) < 4.78 is 10.2. The number of carbonyl (C=O) groups is 1. The molecule has 140 valence electrons. The summed E-state index contributed by atoms with van der Waals surface area (Å²) in [5.74, 6) is 0.617. The maximum atomic E-state index is 12.0. The molecular formula is C18H17N3O5S. The molecular weight excluding hydrogens is 370 g/mol. The van der Waals surface area contributed by atoms with E-state index in [1.807, 2.05) is 0 Å². The summed E-state index contributed by atoms with van der Waals surface area (Å²) in [5.41, 5.74) is 0.952. The van der Waals surface area contributed by atoms with Gasteiger partial charge in [0.05, 0.1) is 24.8 Å². The zero-order valence-corrected chi connectivity index (χ0v) is 15.4. The molecule has 0 aliphatic heterocycles. The maximum absolute atomic E-state index is 12.0. The first kappa shape index (κ1) is 19.9. The van der Waals surface area contributed by atoms with Crippen LogP contribution < -0.4 is 20.1 Å². The number of non-ortho nitro benzene ring substituents is 1. The van der Waals surface area contributed by atoms with Crippen molar-refractivity contribution in [2.45, 2.75) is 0 Å². The van der Waals surface area contributed by atoms with Crippen LogP contribution in [0.3, 0.4) is 0 Å². The number of rotatable bonds is 6. The van der Waals surface area contributed by atoms with Crippen LogP contribution in [-0.2, 0) is 4.79 Å². The van der Waals surface area contributed by atoms with Gasteiger partial charge in [0.1, 0.15) is 11.5 Å². The van der Waals surface area contributed by atoms with Crippen molar-refractivity contribution in [3.63, 3.8) is 0 Å². The molecule has 2 aromatic carbocycles. The zero-order chi connectivity index (χ0) is 19.8. The largest absolute Gasteiger partial charge is 0.497 e. The van der Waals surface area contributed by atoms with Crippen molar-refractivity contribution in [2.75, 3.05) is 19.5 Å². The van der Waals surface area contributed by atoms with E-state index < -0.39 is 10.8 Å². The van der Waals surface area contributed by atoms with Gasteiger partial charge in [-0.2, -0.15) is 0 Å². The minimum Gasteiger partial charge on any atom is -0.497 e. The number of nitro groups is 1. The van der Waals surface area contributed by atoms with Crippen LogP contribution in [0.15, 0.2) is 48.5 Å². The molecule has 0 radical (unpaired) electrons. The normalized spacial score (nSPS) is 10.3. The Labute approximate surface area is 160 Å². The van der Waals surface area contributed by atoms with Crippen LogP contribution in [-0.4, -0.2) is 30.2 Å². The molecule has 1 amide bonds. The molecule has 0 aliphatic carbocycles. The van der Waals surface area contributed by atoms with Crippen LogP contribution in [0.1, 0.15) is 5.56 Å². The SMILES string of the molecule is COc1ccc(C=CC(=O)NC(=S)Nc2cc([N+](=O)[O-])ccc2OC)cc1. The molecule has 0 aromatic heterocycles. The number of nitrogens with one attached hydrogen (secondary N) is 2. The molecule has 0 unspecified atom stereocenters. The second kappa shape index (κ2) is 9.30. The Kier molecular flexibility index (Phi) is 6.84. The van der Waals surface area contributed by atoms with Crippen LogP contribution in [0.4, 0.5) is 11.4 Å². The molecule has 2 N–H and O–H groups in total. The Hall–Kier alpha value is -3.46. The Balaban J connectivity index is 2.00. The van der Waals surface area contributed by atoms with Crippen molar-refractivity contribution < 1.29 is 19.2 Å². The van der Waals surface area contributed by atoms with E-state index in [9.17, 15) is 14.9 Å². The third-order valence-electron chi connectivity index (χ3n) is 3.42. The fourth-order valence-corrected chi connectivity index (χ4v) is 2.31. The molecule has 0 fully saturated rings. The highest BCUT2D eigenvalue weighted by molar-refractivity contribution is 7.80. The molecule has 8 nitrogen and oxygen atoms in total. The molecule has 27 heavy (non-hydrogen) atoms. The predicted octanol–water partition coefficient (Wildman–Crippen LogP) is 3.14. The Morgan fingerprint density at radius 1 is 1.15 bits per heavy atom. The number of nitrogens with zero attached hydrogens (tertiary/aromatic N) is 1. The minimum absolute atomic E-state index is 0.0156. The van der Waals surface area contributed by atoms with Gasteiger partial charge in [0.15, 0.2) is 5.11 Å². The maximum Gasteiger partial charge on any atom is 0.271 e. The van der Waals surface area contributed by atoms with Crippen molar-refractivity contribution in [3.8, 4) is 11.5 Å². The van der Waals surface area contributed by atoms with E-state index in [2.05, 4.69) is 10.6 Å². The zero-order valence-electron chi connectivity index (χ0n) is 14.6. The molecule has 0 saturated carbocycles. The number of methoxy groups -OCH3 is 2. The van der Waals surface area contributed by atoms with Gasteiger partial charge < -0.3 is 14.8 Å². The fraction of sp³-hybridized carbons (Fsp3) is 0.111. The number of hydrogen-bond donors (Lipinski definition) is 2. The summed E-state index contributed by atoms with van der Waals surface area (Å²) in [7, 11) is 2.99.